The Bertz CT molecular complexity index is 367. The van der Waals surface area contributed by atoms with Gasteiger partial charge in [-0.05, 0) is 34.2 Å². The Labute approximate surface area is 136 Å². The van der Waals surface area contributed by atoms with E-state index in [0.717, 1.165) is 13.0 Å². The Kier molecular flexibility index (Phi) is 8.09. The largest absolute Gasteiger partial charge is 0.356 e. The van der Waals surface area contributed by atoms with Crippen molar-refractivity contribution < 1.29 is 9.59 Å². The van der Waals surface area contributed by atoms with E-state index < -0.39 is 0 Å². The van der Waals surface area contributed by atoms with E-state index in [1.807, 2.05) is 25.7 Å². The fourth-order valence-corrected chi connectivity index (χ4v) is 1.93. The van der Waals surface area contributed by atoms with Gasteiger partial charge in [0.25, 0.3) is 0 Å². The summed E-state index contributed by atoms with van der Waals surface area (Å²) in [5.74, 6) is 0.138. The molecule has 0 aliphatic heterocycles. The van der Waals surface area contributed by atoms with Crippen LogP contribution >= 0.6 is 0 Å². The number of likely N-dealkylation sites (N-methyl/N-ethyl adjacent to an activating group) is 1. The molecular formula is C17H35N3O2. The second kappa shape index (κ2) is 8.51. The second-order valence-corrected chi connectivity index (χ2v) is 7.97. The zero-order valence-electron chi connectivity index (χ0n) is 15.7. The molecule has 0 aromatic rings. The van der Waals surface area contributed by atoms with Gasteiger partial charge in [0.15, 0.2) is 0 Å². The van der Waals surface area contributed by atoms with E-state index in [1.54, 1.807) is 0 Å². The zero-order chi connectivity index (χ0) is 17.6. The molecule has 0 fully saturated rings. The molecule has 0 aliphatic carbocycles. The highest BCUT2D eigenvalue weighted by atomic mass is 16.2. The molecule has 0 heterocycles. The summed E-state index contributed by atoms with van der Waals surface area (Å²) < 4.78 is 0. The number of nitrogens with zero attached hydrogens (tertiary/aromatic N) is 2. The maximum atomic E-state index is 12.6. The zero-order valence-corrected chi connectivity index (χ0v) is 15.7. The summed E-state index contributed by atoms with van der Waals surface area (Å²) in [5.41, 5.74) is -0.291. The van der Waals surface area contributed by atoms with E-state index in [1.165, 1.54) is 6.92 Å². The highest BCUT2D eigenvalue weighted by Crippen LogP contribution is 2.18. The molecule has 0 aliphatic rings. The molecule has 1 N–H and O–H groups in total. The van der Waals surface area contributed by atoms with E-state index in [-0.39, 0.29) is 22.8 Å². The number of rotatable bonds is 7. The van der Waals surface area contributed by atoms with Crippen LogP contribution in [0.5, 0.6) is 0 Å². The summed E-state index contributed by atoms with van der Waals surface area (Å²) >= 11 is 0. The van der Waals surface area contributed by atoms with Gasteiger partial charge >= 0.3 is 0 Å². The van der Waals surface area contributed by atoms with E-state index in [2.05, 4.69) is 38.0 Å². The van der Waals surface area contributed by atoms with Gasteiger partial charge in [-0.1, -0.05) is 20.8 Å². The number of hydrogen-bond acceptors (Lipinski definition) is 3. The van der Waals surface area contributed by atoms with Gasteiger partial charge in [-0.15, -0.1) is 0 Å². The minimum absolute atomic E-state index is 0.0267. The normalized spacial score (nSPS) is 12.4. The van der Waals surface area contributed by atoms with Crippen LogP contribution in [0.25, 0.3) is 0 Å². The van der Waals surface area contributed by atoms with Crippen LogP contribution < -0.4 is 5.32 Å². The molecule has 0 aromatic carbocycles. The van der Waals surface area contributed by atoms with E-state index in [0.29, 0.717) is 19.6 Å². The number of amides is 2. The van der Waals surface area contributed by atoms with Crippen molar-refractivity contribution in [2.75, 3.05) is 33.2 Å². The summed E-state index contributed by atoms with van der Waals surface area (Å²) in [6, 6.07) is 0. The first-order chi connectivity index (χ1) is 9.85. The third-order valence-electron chi connectivity index (χ3n) is 3.76. The van der Waals surface area contributed by atoms with Crippen LogP contribution in [0.1, 0.15) is 54.9 Å². The van der Waals surface area contributed by atoms with E-state index >= 15 is 0 Å². The van der Waals surface area contributed by atoms with E-state index in [9.17, 15) is 9.59 Å². The van der Waals surface area contributed by atoms with Crippen molar-refractivity contribution >= 4 is 11.8 Å². The van der Waals surface area contributed by atoms with E-state index in [4.69, 9.17) is 0 Å². The van der Waals surface area contributed by atoms with Gasteiger partial charge < -0.3 is 10.2 Å². The van der Waals surface area contributed by atoms with Gasteiger partial charge in [0.2, 0.25) is 11.8 Å². The van der Waals surface area contributed by atoms with Crippen LogP contribution in [-0.2, 0) is 9.59 Å². The summed E-state index contributed by atoms with van der Waals surface area (Å²) in [6.07, 6.45) is 0.778. The summed E-state index contributed by atoms with van der Waals surface area (Å²) in [6.45, 7) is 16.7. The Morgan fingerprint density at radius 3 is 1.91 bits per heavy atom. The minimum atomic E-state index is -0.381. The van der Waals surface area contributed by atoms with Crippen LogP contribution in [0, 0.1) is 5.41 Å². The fourth-order valence-electron chi connectivity index (χ4n) is 1.93. The monoisotopic (exact) mass is 313 g/mol. The summed E-state index contributed by atoms with van der Waals surface area (Å²) in [4.78, 5) is 27.7. The molecule has 2 amide bonds. The molecule has 0 rings (SSSR count). The molecule has 0 saturated heterocycles. The van der Waals surface area contributed by atoms with Gasteiger partial charge in [-0.3, -0.25) is 14.5 Å². The average molecular weight is 313 g/mol. The molecule has 5 nitrogen and oxygen atoms in total. The van der Waals surface area contributed by atoms with Crippen molar-refractivity contribution in [1.29, 1.82) is 0 Å². The van der Waals surface area contributed by atoms with Crippen LogP contribution in [-0.4, -0.2) is 60.4 Å². The first-order valence-electron chi connectivity index (χ1n) is 8.10. The molecule has 0 aromatic heterocycles. The minimum Gasteiger partial charge on any atom is -0.356 e. The fraction of sp³-hybridized carbons (Fsp3) is 0.882. The first kappa shape index (κ1) is 20.9. The van der Waals surface area contributed by atoms with Crippen LogP contribution in [0.3, 0.4) is 0 Å². The highest BCUT2D eigenvalue weighted by molar-refractivity contribution is 5.81. The van der Waals surface area contributed by atoms with Crippen LogP contribution in [0.2, 0.25) is 0 Å². The SMILES string of the molecule is CC(=O)NCCCN(CCN(C)C(C)(C)C)C(=O)C(C)(C)C. The third kappa shape index (κ3) is 8.37. The number of carbonyl (C=O) groups is 2. The lowest BCUT2D eigenvalue weighted by atomic mass is 9.94. The Morgan fingerprint density at radius 1 is 0.955 bits per heavy atom. The topological polar surface area (TPSA) is 52.7 Å². The second-order valence-electron chi connectivity index (χ2n) is 7.97. The third-order valence-corrected chi connectivity index (χ3v) is 3.76. The van der Waals surface area contributed by atoms with Crippen LogP contribution in [0.4, 0.5) is 0 Å². The van der Waals surface area contributed by atoms with Crippen molar-refractivity contribution in [3.05, 3.63) is 0 Å². The maximum absolute atomic E-state index is 12.6. The summed E-state index contributed by atoms with van der Waals surface area (Å²) in [7, 11) is 2.08. The maximum Gasteiger partial charge on any atom is 0.227 e. The van der Waals surface area contributed by atoms with Crippen molar-refractivity contribution in [3.63, 3.8) is 0 Å². The molecule has 0 radical (unpaired) electrons. The Hall–Kier alpha value is -1.10. The molecule has 5 heteroatoms. The standard InChI is InChI=1S/C17H35N3O2/c1-14(21)18-10-9-11-20(15(22)16(2,3)4)13-12-19(8)17(5,6)7/h9-13H2,1-8H3,(H,18,21). The predicted octanol–water partition coefficient (Wildman–Crippen LogP) is 2.12. The number of hydrogen-bond donors (Lipinski definition) is 1. The predicted molar refractivity (Wildman–Crippen MR) is 91.7 cm³/mol. The first-order valence-corrected chi connectivity index (χ1v) is 8.10. The van der Waals surface area contributed by atoms with Gasteiger partial charge in [0, 0.05) is 44.1 Å². The number of carbonyl (C=O) groups excluding carboxylic acids is 2. The molecule has 130 valence electrons. The molecule has 0 saturated carbocycles. The molecular weight excluding hydrogens is 278 g/mol. The van der Waals surface area contributed by atoms with Gasteiger partial charge in [-0.25, -0.2) is 0 Å². The Balaban J connectivity index is 4.60. The molecule has 0 unspecified atom stereocenters. The average Bonchev–Trinajstić information content (AvgIpc) is 2.34. The molecule has 0 atom stereocenters. The lowest BCUT2D eigenvalue weighted by Crippen LogP contribution is -2.47. The van der Waals surface area contributed by atoms with Gasteiger partial charge in [0.05, 0.1) is 0 Å². The molecule has 0 bridgehead atoms. The van der Waals surface area contributed by atoms with Crippen molar-refractivity contribution in [1.82, 2.24) is 15.1 Å². The number of nitrogens with one attached hydrogen (secondary N) is 1. The quantitative estimate of drug-likeness (QED) is 0.733. The van der Waals surface area contributed by atoms with Crippen LogP contribution in [0.15, 0.2) is 0 Å². The lowest BCUT2D eigenvalue weighted by Gasteiger charge is -2.35. The Morgan fingerprint density at radius 2 is 1.50 bits per heavy atom. The van der Waals surface area contributed by atoms with Gasteiger partial charge in [0.1, 0.15) is 0 Å². The highest BCUT2D eigenvalue weighted by Gasteiger charge is 2.27. The lowest BCUT2D eigenvalue weighted by molar-refractivity contribution is -0.139. The summed E-state index contributed by atoms with van der Waals surface area (Å²) in [5, 5.41) is 2.78. The van der Waals surface area contributed by atoms with Crippen molar-refractivity contribution in [2.24, 2.45) is 5.41 Å². The molecule has 22 heavy (non-hydrogen) atoms. The van der Waals surface area contributed by atoms with Gasteiger partial charge in [-0.2, -0.15) is 0 Å². The smallest absolute Gasteiger partial charge is 0.227 e. The molecule has 0 spiro atoms. The van der Waals surface area contributed by atoms with Crippen molar-refractivity contribution in [2.45, 2.75) is 60.4 Å². The van der Waals surface area contributed by atoms with Crippen molar-refractivity contribution in [3.8, 4) is 0 Å².